The first kappa shape index (κ1) is 15.4. The maximum Gasteiger partial charge on any atom is 0.0159 e. The van der Waals surface area contributed by atoms with E-state index in [1.54, 1.807) is 0 Å². The molecule has 0 rings (SSSR count). The molecule has 0 aliphatic carbocycles. The van der Waals surface area contributed by atoms with Gasteiger partial charge in [0.1, 0.15) is 0 Å². The topological polar surface area (TPSA) is 24.1 Å². The van der Waals surface area contributed by atoms with Gasteiger partial charge in [0.15, 0.2) is 0 Å². The van der Waals surface area contributed by atoms with Crippen LogP contribution in [-0.2, 0) is 0 Å². The highest BCUT2D eigenvalue weighted by atomic mass is 14.8. The molecule has 16 heavy (non-hydrogen) atoms. The standard InChI is InChI=1S/C14H28N2/c1-13(2)11-15-9-7-5-6-8-10-16-12-14(3)4/h15-16H,1,3,5-12H2,2,4H3. The maximum atomic E-state index is 3.86. The van der Waals surface area contributed by atoms with Gasteiger partial charge in [-0.05, 0) is 39.8 Å². The van der Waals surface area contributed by atoms with Crippen molar-refractivity contribution in [3.05, 3.63) is 24.3 Å². The van der Waals surface area contributed by atoms with Crippen molar-refractivity contribution < 1.29 is 0 Å². The molecule has 0 amide bonds. The summed E-state index contributed by atoms with van der Waals surface area (Å²) in [6.45, 7) is 16.0. The van der Waals surface area contributed by atoms with Gasteiger partial charge in [0.2, 0.25) is 0 Å². The fraction of sp³-hybridized carbons (Fsp3) is 0.714. The molecule has 0 radical (unpaired) electrons. The van der Waals surface area contributed by atoms with Crippen molar-refractivity contribution >= 4 is 0 Å². The van der Waals surface area contributed by atoms with Gasteiger partial charge in [-0.2, -0.15) is 0 Å². The third-order valence-corrected chi connectivity index (χ3v) is 2.31. The monoisotopic (exact) mass is 224 g/mol. The molecule has 0 fully saturated rings. The van der Waals surface area contributed by atoms with Gasteiger partial charge in [-0.25, -0.2) is 0 Å². The minimum atomic E-state index is 0.958. The molecule has 94 valence electrons. The lowest BCUT2D eigenvalue weighted by molar-refractivity contribution is 0.580. The lowest BCUT2D eigenvalue weighted by atomic mass is 10.2. The van der Waals surface area contributed by atoms with Crippen molar-refractivity contribution in [1.29, 1.82) is 0 Å². The van der Waals surface area contributed by atoms with Crippen LogP contribution < -0.4 is 10.6 Å². The summed E-state index contributed by atoms with van der Waals surface area (Å²) in [6.07, 6.45) is 5.18. The third-order valence-electron chi connectivity index (χ3n) is 2.31. The fourth-order valence-corrected chi connectivity index (χ4v) is 1.46. The largest absolute Gasteiger partial charge is 0.313 e. The van der Waals surface area contributed by atoms with Crippen LogP contribution in [0.2, 0.25) is 0 Å². The SMILES string of the molecule is C=C(C)CNCCCCCCNCC(=C)C. The molecular weight excluding hydrogens is 196 g/mol. The van der Waals surface area contributed by atoms with Gasteiger partial charge in [0.05, 0.1) is 0 Å². The highest BCUT2D eigenvalue weighted by Gasteiger charge is 1.91. The van der Waals surface area contributed by atoms with Crippen LogP contribution in [0.3, 0.4) is 0 Å². The van der Waals surface area contributed by atoms with Gasteiger partial charge in [-0.15, -0.1) is 0 Å². The maximum absolute atomic E-state index is 3.86. The van der Waals surface area contributed by atoms with Crippen molar-refractivity contribution in [1.82, 2.24) is 10.6 Å². The van der Waals surface area contributed by atoms with E-state index in [1.165, 1.54) is 36.8 Å². The quantitative estimate of drug-likeness (QED) is 0.416. The van der Waals surface area contributed by atoms with E-state index in [0.717, 1.165) is 26.2 Å². The van der Waals surface area contributed by atoms with Crippen molar-refractivity contribution in [2.75, 3.05) is 26.2 Å². The highest BCUT2D eigenvalue weighted by molar-refractivity contribution is 4.90. The van der Waals surface area contributed by atoms with E-state index in [1.807, 2.05) is 0 Å². The Labute approximate surface area is 101 Å². The summed E-state index contributed by atoms with van der Waals surface area (Å²) < 4.78 is 0. The van der Waals surface area contributed by atoms with E-state index in [0.29, 0.717) is 0 Å². The molecule has 0 aromatic heterocycles. The zero-order valence-electron chi connectivity index (χ0n) is 11.1. The highest BCUT2D eigenvalue weighted by Crippen LogP contribution is 1.98. The molecule has 0 saturated heterocycles. The minimum Gasteiger partial charge on any atom is -0.313 e. The number of unbranched alkanes of at least 4 members (excludes halogenated alkanes) is 3. The molecule has 0 atom stereocenters. The molecule has 0 aliphatic heterocycles. The van der Waals surface area contributed by atoms with Crippen molar-refractivity contribution in [3.8, 4) is 0 Å². The summed E-state index contributed by atoms with van der Waals surface area (Å²) in [7, 11) is 0. The molecular formula is C14H28N2. The molecule has 0 spiro atoms. The molecule has 0 saturated carbocycles. The smallest absolute Gasteiger partial charge is 0.0159 e. The van der Waals surface area contributed by atoms with Crippen LogP contribution in [0.25, 0.3) is 0 Å². The summed E-state index contributed by atoms with van der Waals surface area (Å²) in [5.41, 5.74) is 2.42. The van der Waals surface area contributed by atoms with Gasteiger partial charge in [-0.3, -0.25) is 0 Å². The van der Waals surface area contributed by atoms with Crippen LogP contribution >= 0.6 is 0 Å². The van der Waals surface area contributed by atoms with Crippen LogP contribution in [0.5, 0.6) is 0 Å². The van der Waals surface area contributed by atoms with Crippen LogP contribution in [-0.4, -0.2) is 26.2 Å². The lowest BCUT2D eigenvalue weighted by Crippen LogP contribution is -2.18. The average molecular weight is 224 g/mol. The molecule has 2 heteroatoms. The summed E-state index contributed by atoms with van der Waals surface area (Å²) >= 11 is 0. The van der Waals surface area contributed by atoms with Crippen molar-refractivity contribution in [2.45, 2.75) is 39.5 Å². The molecule has 0 bridgehead atoms. The normalized spacial score (nSPS) is 10.4. The Hall–Kier alpha value is -0.600. The molecule has 0 aromatic carbocycles. The van der Waals surface area contributed by atoms with E-state index in [9.17, 15) is 0 Å². The number of hydrogen-bond acceptors (Lipinski definition) is 2. The Morgan fingerprint density at radius 1 is 0.750 bits per heavy atom. The van der Waals surface area contributed by atoms with Crippen molar-refractivity contribution in [2.24, 2.45) is 0 Å². The van der Waals surface area contributed by atoms with E-state index >= 15 is 0 Å². The van der Waals surface area contributed by atoms with Gasteiger partial charge in [0.25, 0.3) is 0 Å². The van der Waals surface area contributed by atoms with Gasteiger partial charge < -0.3 is 10.6 Å². The Morgan fingerprint density at radius 3 is 1.44 bits per heavy atom. The van der Waals surface area contributed by atoms with E-state index in [2.05, 4.69) is 37.6 Å². The first-order valence-electron chi connectivity index (χ1n) is 6.33. The predicted molar refractivity (Wildman–Crippen MR) is 73.8 cm³/mol. The number of hydrogen-bond donors (Lipinski definition) is 2. The third kappa shape index (κ3) is 13.4. The summed E-state index contributed by atoms with van der Waals surface area (Å²) in [5, 5.41) is 6.75. The Bertz CT molecular complexity index is 175. The van der Waals surface area contributed by atoms with Crippen LogP contribution in [0.4, 0.5) is 0 Å². The molecule has 0 aromatic rings. The zero-order valence-corrected chi connectivity index (χ0v) is 11.1. The van der Waals surface area contributed by atoms with Crippen molar-refractivity contribution in [3.63, 3.8) is 0 Å². The Balaban J connectivity index is 2.98. The molecule has 2 N–H and O–H groups in total. The minimum absolute atomic E-state index is 0.958. The van der Waals surface area contributed by atoms with Crippen LogP contribution in [0.1, 0.15) is 39.5 Å². The Morgan fingerprint density at radius 2 is 1.12 bits per heavy atom. The fourth-order valence-electron chi connectivity index (χ4n) is 1.46. The first-order chi connectivity index (χ1) is 7.63. The predicted octanol–water partition coefficient (Wildman–Crippen LogP) is 2.88. The average Bonchev–Trinajstić information content (AvgIpc) is 2.20. The molecule has 0 aliphatic rings. The molecule has 2 nitrogen and oxygen atoms in total. The number of nitrogens with one attached hydrogen (secondary N) is 2. The van der Waals surface area contributed by atoms with Gasteiger partial charge in [0, 0.05) is 13.1 Å². The second kappa shape index (κ2) is 10.9. The first-order valence-corrected chi connectivity index (χ1v) is 6.33. The van der Waals surface area contributed by atoms with E-state index in [-0.39, 0.29) is 0 Å². The second-order valence-electron chi connectivity index (χ2n) is 4.68. The zero-order chi connectivity index (χ0) is 12.2. The van der Waals surface area contributed by atoms with E-state index in [4.69, 9.17) is 0 Å². The Kier molecular flexibility index (Phi) is 10.5. The summed E-state index contributed by atoms with van der Waals surface area (Å²) in [5.74, 6) is 0. The van der Waals surface area contributed by atoms with Gasteiger partial charge >= 0.3 is 0 Å². The van der Waals surface area contributed by atoms with Crippen LogP contribution in [0.15, 0.2) is 24.3 Å². The van der Waals surface area contributed by atoms with Gasteiger partial charge in [-0.1, -0.05) is 37.1 Å². The summed E-state index contributed by atoms with van der Waals surface area (Å²) in [4.78, 5) is 0. The summed E-state index contributed by atoms with van der Waals surface area (Å²) in [6, 6.07) is 0. The molecule has 0 heterocycles. The van der Waals surface area contributed by atoms with Crippen LogP contribution in [0, 0.1) is 0 Å². The number of rotatable bonds is 11. The second-order valence-corrected chi connectivity index (χ2v) is 4.68. The lowest BCUT2D eigenvalue weighted by Gasteiger charge is -2.05. The van der Waals surface area contributed by atoms with E-state index < -0.39 is 0 Å². The molecule has 0 unspecified atom stereocenters.